The van der Waals surface area contributed by atoms with Gasteiger partial charge in [0.05, 0.1) is 30.0 Å². The predicted molar refractivity (Wildman–Crippen MR) is 256 cm³/mol. The van der Waals surface area contributed by atoms with Crippen molar-refractivity contribution in [2.45, 2.75) is 130 Å². The minimum absolute atomic E-state index is 0.00426. The topological polar surface area (TPSA) is 188 Å². The van der Waals surface area contributed by atoms with E-state index in [2.05, 4.69) is 73.4 Å². The average Bonchev–Trinajstić information content (AvgIpc) is 4.02. The SMILES string of the molecule is CCn1c(-c2cccnc2C(C)C)c2c3cc(ccc31)-c1cc(O)cc(c1)C[C@H](NC(=O)[C@H](C(C)C)N(C)C(=O)[C@H]1CCN(C(=O)[C@H]3CN3)[C@H]1C)C(=O)N1CCC[C@H](N1)C(=O)OCC(C)(C)C2. The molecule has 4 aliphatic rings. The fraction of sp³-hybridized carbons (Fsp3) is 0.538. The second kappa shape index (κ2) is 19.1. The number of likely N-dealkylation sites (tertiary alicyclic amines) is 1. The number of ether oxygens (including phenoxy) is 1. The summed E-state index contributed by atoms with van der Waals surface area (Å²) < 4.78 is 8.46. The summed E-state index contributed by atoms with van der Waals surface area (Å²) in [5.41, 5.74) is 10.1. The van der Waals surface area contributed by atoms with Gasteiger partial charge in [0.2, 0.25) is 17.7 Å². The van der Waals surface area contributed by atoms with E-state index in [1.54, 1.807) is 24.1 Å². The number of carbonyl (C=O) groups is 5. The zero-order valence-electron chi connectivity index (χ0n) is 40.5. The van der Waals surface area contributed by atoms with Gasteiger partial charge in [-0.1, -0.05) is 53.7 Å². The van der Waals surface area contributed by atoms with Gasteiger partial charge in [-0.3, -0.25) is 34.0 Å². The number of benzene rings is 2. The first-order valence-electron chi connectivity index (χ1n) is 24.2. The number of cyclic esters (lactones) is 1. The third-order valence-corrected chi connectivity index (χ3v) is 14.2. The number of esters is 1. The fourth-order valence-corrected chi connectivity index (χ4v) is 10.7. The molecule has 4 amide bonds. The number of hydrogen-bond donors (Lipinski definition) is 4. The second-order valence-electron chi connectivity index (χ2n) is 20.6. The van der Waals surface area contributed by atoms with Gasteiger partial charge in [-0.2, -0.15) is 0 Å². The summed E-state index contributed by atoms with van der Waals surface area (Å²) in [6.07, 6.45) is 3.88. The molecule has 4 N–H and O–H groups in total. The summed E-state index contributed by atoms with van der Waals surface area (Å²) in [5.74, 6) is -2.34. The van der Waals surface area contributed by atoms with E-state index in [4.69, 9.17) is 9.72 Å². The number of aryl methyl sites for hydroxylation is 1. The van der Waals surface area contributed by atoms with Gasteiger partial charge >= 0.3 is 5.97 Å². The van der Waals surface area contributed by atoms with E-state index in [-0.39, 0.29) is 61.1 Å². The van der Waals surface area contributed by atoms with Gasteiger partial charge in [0.1, 0.15) is 23.9 Å². The summed E-state index contributed by atoms with van der Waals surface area (Å²) in [7, 11) is 1.61. The first-order valence-corrected chi connectivity index (χ1v) is 24.2. The number of nitrogens with zero attached hydrogens (tertiary/aromatic N) is 5. The highest BCUT2D eigenvalue weighted by Gasteiger charge is 2.46. The highest BCUT2D eigenvalue weighted by atomic mass is 16.5. The third kappa shape index (κ3) is 9.67. The molecule has 2 aromatic heterocycles. The Bertz CT molecular complexity index is 2560. The van der Waals surface area contributed by atoms with Gasteiger partial charge in [0, 0.05) is 73.8 Å². The van der Waals surface area contributed by atoms with Crippen molar-refractivity contribution in [2.75, 3.05) is 33.3 Å². The molecule has 0 saturated carbocycles. The number of pyridine rings is 1. The minimum atomic E-state index is -1.15. The number of phenolic OH excluding ortho intramolecular Hbond substituents is 1. The number of nitrogens with one attached hydrogen (secondary N) is 3. The summed E-state index contributed by atoms with van der Waals surface area (Å²) in [4.78, 5) is 78.6. The van der Waals surface area contributed by atoms with Crippen LogP contribution in [-0.4, -0.2) is 123 Å². The predicted octanol–water partition coefficient (Wildman–Crippen LogP) is 5.56. The molecule has 0 radical (unpaired) electrons. The largest absolute Gasteiger partial charge is 0.508 e. The van der Waals surface area contributed by atoms with Crippen molar-refractivity contribution >= 4 is 40.5 Å². The first-order chi connectivity index (χ1) is 31.9. The number of rotatable bonds is 9. The third-order valence-electron chi connectivity index (χ3n) is 14.2. The van der Waals surface area contributed by atoms with Crippen LogP contribution in [-0.2, 0) is 48.1 Å². The van der Waals surface area contributed by atoms with Crippen LogP contribution in [0, 0.1) is 17.3 Å². The number of likely N-dealkylation sites (N-methyl/N-ethyl adjacent to an activating group) is 1. The highest BCUT2D eigenvalue weighted by Crippen LogP contribution is 2.42. The van der Waals surface area contributed by atoms with Gasteiger partial charge < -0.3 is 34.8 Å². The van der Waals surface area contributed by atoms with E-state index in [1.165, 1.54) is 9.91 Å². The lowest BCUT2D eigenvalue weighted by Gasteiger charge is -2.37. The molecular formula is C52H68N8O7. The summed E-state index contributed by atoms with van der Waals surface area (Å²) in [6.45, 7) is 18.4. The van der Waals surface area contributed by atoms with Gasteiger partial charge in [-0.05, 0) is 110 Å². The molecule has 8 rings (SSSR count). The molecule has 6 atom stereocenters. The Morgan fingerprint density at radius 2 is 1.79 bits per heavy atom. The summed E-state index contributed by atoms with van der Waals surface area (Å²) in [5, 5.41) is 19.9. The second-order valence-corrected chi connectivity index (χ2v) is 20.6. The van der Waals surface area contributed by atoms with Crippen LogP contribution in [0.5, 0.6) is 5.75 Å². The lowest BCUT2D eigenvalue weighted by molar-refractivity contribution is -0.155. The van der Waals surface area contributed by atoms with Crippen molar-refractivity contribution in [1.29, 1.82) is 0 Å². The van der Waals surface area contributed by atoms with Crippen LogP contribution >= 0.6 is 0 Å². The molecule has 4 aromatic rings. The normalized spacial score (nSPS) is 23.5. The number of amides is 4. The van der Waals surface area contributed by atoms with Crippen LogP contribution in [0.25, 0.3) is 33.3 Å². The number of hydrogen-bond acceptors (Lipinski definition) is 10. The van der Waals surface area contributed by atoms with Crippen molar-refractivity contribution in [3.8, 4) is 28.1 Å². The molecule has 15 nitrogen and oxygen atoms in total. The van der Waals surface area contributed by atoms with Crippen LogP contribution in [0.1, 0.15) is 97.4 Å². The van der Waals surface area contributed by atoms with Gasteiger partial charge in [0.25, 0.3) is 5.91 Å². The molecule has 6 bridgehead atoms. The highest BCUT2D eigenvalue weighted by molar-refractivity contribution is 5.96. The number of fused-ring (bicyclic) bond motifs is 6. The molecule has 0 unspecified atom stereocenters. The molecule has 6 heterocycles. The van der Waals surface area contributed by atoms with Crippen LogP contribution in [0.2, 0.25) is 0 Å². The summed E-state index contributed by atoms with van der Waals surface area (Å²) in [6, 6.07) is 12.3. The van der Waals surface area contributed by atoms with Crippen LogP contribution in [0.15, 0.2) is 54.7 Å². The Balaban J connectivity index is 1.18. The molecule has 2 aromatic carbocycles. The number of aromatic nitrogens is 2. The smallest absolute Gasteiger partial charge is 0.324 e. The van der Waals surface area contributed by atoms with Crippen molar-refractivity contribution in [3.05, 3.63) is 71.5 Å². The molecule has 358 valence electrons. The van der Waals surface area contributed by atoms with E-state index in [1.807, 2.05) is 45.2 Å². The quantitative estimate of drug-likeness (QED) is 0.122. The van der Waals surface area contributed by atoms with Crippen LogP contribution in [0.4, 0.5) is 0 Å². The van der Waals surface area contributed by atoms with Crippen molar-refractivity contribution in [1.82, 2.24) is 40.4 Å². The van der Waals surface area contributed by atoms with Crippen LogP contribution in [0.3, 0.4) is 0 Å². The standard InChI is InChI=1S/C52H68N8O7/c1-10-58-43-16-15-33-25-38(43)39(46(58)37-13-11-18-53-44(37)29(2)3)26-52(7,8)28-67-51(66)40-14-12-19-60(56-40)50(65)41(23-32-21-34(33)24-35(61)22-32)55-47(62)45(30(4)5)57(9)48(63)36-17-20-59(31(36)6)49(64)42-27-54-42/h11,13,15-16,18,21-22,24-25,29-31,36,40-42,45,54,56,61H,10,12,14,17,19-20,23,26-28H2,1-9H3,(H,55,62)/t31-,36-,40-,41-,42+,45-/m0/s1. The van der Waals surface area contributed by atoms with E-state index in [9.17, 15) is 29.1 Å². The lowest BCUT2D eigenvalue weighted by atomic mass is 9.83. The Morgan fingerprint density at radius 3 is 2.49 bits per heavy atom. The Kier molecular flexibility index (Phi) is 13.6. The van der Waals surface area contributed by atoms with Gasteiger partial charge in [-0.25, -0.2) is 5.43 Å². The maximum atomic E-state index is 14.8. The lowest BCUT2D eigenvalue weighted by Crippen LogP contribution is -2.62. The molecule has 3 saturated heterocycles. The monoisotopic (exact) mass is 917 g/mol. The van der Waals surface area contributed by atoms with E-state index >= 15 is 0 Å². The molecule has 67 heavy (non-hydrogen) atoms. The van der Waals surface area contributed by atoms with Crippen molar-refractivity contribution < 1.29 is 33.8 Å². The maximum absolute atomic E-state index is 14.8. The molecule has 3 fully saturated rings. The van der Waals surface area contributed by atoms with Crippen molar-refractivity contribution in [3.63, 3.8) is 0 Å². The van der Waals surface area contributed by atoms with Crippen molar-refractivity contribution in [2.24, 2.45) is 17.3 Å². The molecule has 15 heteroatoms. The van der Waals surface area contributed by atoms with E-state index in [0.29, 0.717) is 50.9 Å². The van der Waals surface area contributed by atoms with Gasteiger partial charge in [-0.15, -0.1) is 0 Å². The molecule has 0 spiro atoms. The first kappa shape index (κ1) is 47.7. The minimum Gasteiger partial charge on any atom is -0.508 e. The van der Waals surface area contributed by atoms with Gasteiger partial charge in [0.15, 0.2) is 0 Å². The summed E-state index contributed by atoms with van der Waals surface area (Å²) >= 11 is 0. The maximum Gasteiger partial charge on any atom is 0.324 e. The number of aromatic hydroxyl groups is 1. The zero-order valence-corrected chi connectivity index (χ0v) is 40.5. The van der Waals surface area contributed by atoms with E-state index < -0.39 is 47.2 Å². The van der Waals surface area contributed by atoms with Crippen LogP contribution < -0.4 is 16.1 Å². The number of hydrazine groups is 1. The number of phenols is 1. The molecule has 4 aliphatic heterocycles. The molecular weight excluding hydrogens is 849 g/mol. The number of carbonyl (C=O) groups excluding carboxylic acids is 5. The average molecular weight is 917 g/mol. The fourth-order valence-electron chi connectivity index (χ4n) is 10.7. The van der Waals surface area contributed by atoms with E-state index in [0.717, 1.165) is 44.5 Å². The zero-order chi connectivity index (χ0) is 48.1. The Labute approximate surface area is 394 Å². The molecule has 0 aliphatic carbocycles. The Morgan fingerprint density at radius 1 is 1.03 bits per heavy atom. The Hall–Kier alpha value is -5.80.